The molecule has 0 amide bonds. The number of ether oxygens (including phenoxy) is 1. The van der Waals surface area contributed by atoms with Crippen LogP contribution in [-0.2, 0) is 11.2 Å². The summed E-state index contributed by atoms with van der Waals surface area (Å²) >= 11 is 3.49. The van der Waals surface area contributed by atoms with Gasteiger partial charge in [0, 0.05) is 41.6 Å². The molecule has 2 aromatic rings. The molecule has 1 saturated heterocycles. The van der Waals surface area contributed by atoms with E-state index in [-0.39, 0.29) is 0 Å². The van der Waals surface area contributed by atoms with E-state index in [1.165, 1.54) is 11.1 Å². The molecule has 1 fully saturated rings. The Hall–Kier alpha value is -0.970. The highest BCUT2D eigenvalue weighted by atomic mass is 79.9. The number of hydrogen-bond acceptors (Lipinski definition) is 3. The number of morpholine rings is 1. The van der Waals surface area contributed by atoms with Crippen LogP contribution in [0.4, 0.5) is 0 Å². The molecule has 0 saturated carbocycles. The van der Waals surface area contributed by atoms with Crippen molar-refractivity contribution in [1.29, 1.82) is 0 Å². The first-order valence-electron chi connectivity index (χ1n) is 6.66. The van der Waals surface area contributed by atoms with Crippen molar-refractivity contribution in [2.45, 2.75) is 6.42 Å². The Morgan fingerprint density at radius 3 is 2.84 bits per heavy atom. The van der Waals surface area contributed by atoms with Gasteiger partial charge in [0.25, 0.3) is 0 Å². The zero-order valence-electron chi connectivity index (χ0n) is 10.8. The summed E-state index contributed by atoms with van der Waals surface area (Å²) in [6, 6.07) is 10.5. The number of nitrogens with zero attached hydrogens (tertiary/aromatic N) is 2. The standard InChI is InChI=1S/C15H17BrN2O/c16-13-2-4-15-12(11-13)1-3-14(17-15)5-6-18-7-9-19-10-8-18/h1-4,11H,5-10H2. The van der Waals surface area contributed by atoms with Crippen LogP contribution in [0.3, 0.4) is 0 Å². The van der Waals surface area contributed by atoms with Crippen LogP contribution in [0.5, 0.6) is 0 Å². The van der Waals surface area contributed by atoms with Crippen LogP contribution < -0.4 is 0 Å². The van der Waals surface area contributed by atoms with Crippen molar-refractivity contribution < 1.29 is 4.74 Å². The summed E-state index contributed by atoms with van der Waals surface area (Å²) < 4.78 is 6.46. The van der Waals surface area contributed by atoms with Gasteiger partial charge < -0.3 is 4.74 Å². The molecule has 0 atom stereocenters. The van der Waals surface area contributed by atoms with Crippen molar-refractivity contribution in [2.24, 2.45) is 0 Å². The molecule has 0 radical (unpaired) electrons. The van der Waals surface area contributed by atoms with Crippen molar-refractivity contribution in [1.82, 2.24) is 9.88 Å². The van der Waals surface area contributed by atoms with Crippen LogP contribution in [0.25, 0.3) is 10.9 Å². The first-order valence-corrected chi connectivity index (χ1v) is 7.46. The number of benzene rings is 1. The smallest absolute Gasteiger partial charge is 0.0706 e. The fourth-order valence-corrected chi connectivity index (χ4v) is 2.75. The van der Waals surface area contributed by atoms with Crippen LogP contribution in [0.15, 0.2) is 34.8 Å². The average Bonchev–Trinajstić information content (AvgIpc) is 2.46. The molecule has 100 valence electrons. The predicted molar refractivity (Wildman–Crippen MR) is 80.4 cm³/mol. The van der Waals surface area contributed by atoms with Crippen molar-refractivity contribution in [3.05, 3.63) is 40.5 Å². The Morgan fingerprint density at radius 1 is 1.16 bits per heavy atom. The monoisotopic (exact) mass is 320 g/mol. The lowest BCUT2D eigenvalue weighted by atomic mass is 10.2. The number of pyridine rings is 1. The van der Waals surface area contributed by atoms with Crippen LogP contribution in [0, 0.1) is 0 Å². The van der Waals surface area contributed by atoms with Crippen molar-refractivity contribution in [3.8, 4) is 0 Å². The molecular formula is C15H17BrN2O. The van der Waals surface area contributed by atoms with Gasteiger partial charge in [-0.05, 0) is 24.3 Å². The van der Waals surface area contributed by atoms with Crippen LogP contribution in [-0.4, -0.2) is 42.7 Å². The van der Waals surface area contributed by atoms with E-state index < -0.39 is 0 Å². The second-order valence-corrected chi connectivity index (χ2v) is 5.76. The van der Waals surface area contributed by atoms with Crippen LogP contribution in [0.1, 0.15) is 5.69 Å². The zero-order chi connectivity index (χ0) is 13.1. The summed E-state index contributed by atoms with van der Waals surface area (Å²) in [6.07, 6.45) is 1.01. The topological polar surface area (TPSA) is 25.4 Å². The van der Waals surface area contributed by atoms with Crippen molar-refractivity contribution >= 4 is 26.8 Å². The first kappa shape index (κ1) is 13.0. The second-order valence-electron chi connectivity index (χ2n) is 4.84. The van der Waals surface area contributed by atoms with Gasteiger partial charge in [0.15, 0.2) is 0 Å². The van der Waals surface area contributed by atoms with E-state index in [1.54, 1.807) is 0 Å². The Labute approximate surface area is 121 Å². The SMILES string of the molecule is Brc1ccc2nc(CCN3CCOCC3)ccc2c1. The third-order valence-electron chi connectivity index (χ3n) is 3.50. The maximum atomic E-state index is 5.36. The normalized spacial score (nSPS) is 16.9. The molecule has 4 heteroatoms. The highest BCUT2D eigenvalue weighted by Gasteiger charge is 2.10. The fraction of sp³-hybridized carbons (Fsp3) is 0.400. The molecule has 3 rings (SSSR count). The van der Waals surface area contributed by atoms with E-state index in [0.717, 1.165) is 49.3 Å². The summed E-state index contributed by atoms with van der Waals surface area (Å²) in [5.41, 5.74) is 2.24. The minimum atomic E-state index is 0.860. The van der Waals surface area contributed by atoms with Gasteiger partial charge in [0.05, 0.1) is 18.7 Å². The minimum absolute atomic E-state index is 0.860. The number of rotatable bonds is 3. The van der Waals surface area contributed by atoms with Gasteiger partial charge in [-0.3, -0.25) is 9.88 Å². The van der Waals surface area contributed by atoms with Gasteiger partial charge in [-0.25, -0.2) is 0 Å². The molecule has 19 heavy (non-hydrogen) atoms. The maximum absolute atomic E-state index is 5.36. The molecule has 2 heterocycles. The molecule has 1 aromatic heterocycles. The van der Waals surface area contributed by atoms with Crippen LogP contribution >= 0.6 is 15.9 Å². The van der Waals surface area contributed by atoms with Gasteiger partial charge >= 0.3 is 0 Å². The third-order valence-corrected chi connectivity index (χ3v) is 3.99. The second kappa shape index (κ2) is 5.99. The molecule has 3 nitrogen and oxygen atoms in total. The number of fused-ring (bicyclic) bond motifs is 1. The lowest BCUT2D eigenvalue weighted by Crippen LogP contribution is -2.37. The molecular weight excluding hydrogens is 304 g/mol. The lowest BCUT2D eigenvalue weighted by molar-refractivity contribution is 0.0383. The number of halogens is 1. The first-order chi connectivity index (χ1) is 9.31. The van der Waals surface area contributed by atoms with Gasteiger partial charge in [-0.15, -0.1) is 0 Å². The molecule has 0 bridgehead atoms. The van der Waals surface area contributed by atoms with E-state index >= 15 is 0 Å². The Bertz CT molecular complexity index is 567. The highest BCUT2D eigenvalue weighted by Crippen LogP contribution is 2.18. The Morgan fingerprint density at radius 2 is 2.00 bits per heavy atom. The van der Waals surface area contributed by atoms with E-state index in [0.29, 0.717) is 0 Å². The molecule has 1 aliphatic heterocycles. The van der Waals surface area contributed by atoms with Crippen LogP contribution in [0.2, 0.25) is 0 Å². The van der Waals surface area contributed by atoms with Crippen molar-refractivity contribution in [3.63, 3.8) is 0 Å². The summed E-state index contributed by atoms with van der Waals surface area (Å²) in [5.74, 6) is 0. The third kappa shape index (κ3) is 3.32. The zero-order valence-corrected chi connectivity index (χ0v) is 12.4. The number of aromatic nitrogens is 1. The quantitative estimate of drug-likeness (QED) is 0.869. The lowest BCUT2D eigenvalue weighted by Gasteiger charge is -2.26. The summed E-state index contributed by atoms with van der Waals surface area (Å²) in [5, 5.41) is 1.18. The maximum Gasteiger partial charge on any atom is 0.0706 e. The summed E-state index contributed by atoms with van der Waals surface area (Å²) in [7, 11) is 0. The van der Waals surface area contributed by atoms with E-state index in [1.807, 2.05) is 6.07 Å². The fourth-order valence-electron chi connectivity index (χ4n) is 2.38. The summed E-state index contributed by atoms with van der Waals surface area (Å²) in [4.78, 5) is 7.16. The van der Waals surface area contributed by atoms with Gasteiger partial charge in [0.1, 0.15) is 0 Å². The molecule has 0 spiro atoms. The van der Waals surface area contributed by atoms with Gasteiger partial charge in [-0.2, -0.15) is 0 Å². The molecule has 0 N–H and O–H groups in total. The molecule has 0 unspecified atom stereocenters. The van der Waals surface area contributed by atoms with E-state index in [4.69, 9.17) is 9.72 Å². The molecule has 1 aliphatic rings. The summed E-state index contributed by atoms with van der Waals surface area (Å²) in [6.45, 7) is 4.87. The Kier molecular flexibility index (Phi) is 4.11. The van der Waals surface area contributed by atoms with Crippen molar-refractivity contribution in [2.75, 3.05) is 32.8 Å². The van der Waals surface area contributed by atoms with Gasteiger partial charge in [-0.1, -0.05) is 22.0 Å². The molecule has 1 aromatic carbocycles. The Balaban J connectivity index is 1.69. The minimum Gasteiger partial charge on any atom is -0.379 e. The average molecular weight is 321 g/mol. The predicted octanol–water partition coefficient (Wildman–Crippen LogP) is 2.87. The highest BCUT2D eigenvalue weighted by molar-refractivity contribution is 9.10. The molecule has 0 aliphatic carbocycles. The van der Waals surface area contributed by atoms with Gasteiger partial charge in [0.2, 0.25) is 0 Å². The van der Waals surface area contributed by atoms with E-state index in [9.17, 15) is 0 Å². The number of hydrogen-bond donors (Lipinski definition) is 0. The largest absolute Gasteiger partial charge is 0.379 e. The van der Waals surface area contributed by atoms with E-state index in [2.05, 4.69) is 45.1 Å².